The first kappa shape index (κ1) is 17.1. The van der Waals surface area contributed by atoms with Gasteiger partial charge in [-0.3, -0.25) is 4.79 Å². The van der Waals surface area contributed by atoms with Crippen molar-refractivity contribution in [3.05, 3.63) is 53.5 Å². The lowest BCUT2D eigenvalue weighted by Gasteiger charge is -2.13. The van der Waals surface area contributed by atoms with Crippen molar-refractivity contribution in [2.75, 3.05) is 6.61 Å². The molecule has 1 aromatic carbocycles. The molecule has 2 aromatic rings. The van der Waals surface area contributed by atoms with Gasteiger partial charge >= 0.3 is 5.97 Å². The number of nitrogens with one attached hydrogen (secondary N) is 1. The van der Waals surface area contributed by atoms with E-state index in [9.17, 15) is 9.59 Å². The number of ether oxygens (including phenoxy) is 2. The van der Waals surface area contributed by atoms with Crippen molar-refractivity contribution >= 4 is 11.9 Å². The van der Waals surface area contributed by atoms with Crippen LogP contribution in [0.5, 0.6) is 5.75 Å². The smallest absolute Gasteiger partial charge is 0.344 e. The summed E-state index contributed by atoms with van der Waals surface area (Å²) in [5.41, 5.74) is 2.62. The van der Waals surface area contributed by atoms with Gasteiger partial charge in [0.05, 0.1) is 12.8 Å². The second-order valence-electron chi connectivity index (χ2n) is 6.00. The van der Waals surface area contributed by atoms with Crippen LogP contribution in [0.25, 0.3) is 0 Å². The second-order valence-corrected chi connectivity index (χ2v) is 6.00. The highest BCUT2D eigenvalue weighted by atomic mass is 16.6. The van der Waals surface area contributed by atoms with E-state index in [1.54, 1.807) is 12.1 Å². The lowest BCUT2D eigenvalue weighted by atomic mass is 10.1. The zero-order valence-electron chi connectivity index (χ0n) is 14.1. The van der Waals surface area contributed by atoms with Gasteiger partial charge in [-0.1, -0.05) is 6.07 Å². The molecule has 1 heterocycles. The summed E-state index contributed by atoms with van der Waals surface area (Å²) < 4.78 is 15.7. The molecule has 1 atom stereocenters. The van der Waals surface area contributed by atoms with Crippen molar-refractivity contribution < 1.29 is 23.5 Å². The molecule has 0 aliphatic heterocycles. The van der Waals surface area contributed by atoms with Crippen LogP contribution in [0, 0.1) is 0 Å². The SMILES string of the molecule is C[C@@H](OC(=O)COc1ccc2c(c1)CCC2)C(=O)NCc1ccco1. The predicted molar refractivity (Wildman–Crippen MR) is 90.1 cm³/mol. The van der Waals surface area contributed by atoms with Crippen LogP contribution in [-0.4, -0.2) is 24.6 Å². The predicted octanol–water partition coefficient (Wildman–Crippen LogP) is 2.40. The highest BCUT2D eigenvalue weighted by molar-refractivity contribution is 5.83. The molecule has 6 heteroatoms. The minimum atomic E-state index is -0.897. The summed E-state index contributed by atoms with van der Waals surface area (Å²) in [5.74, 6) is 0.308. The van der Waals surface area contributed by atoms with Gasteiger partial charge in [-0.25, -0.2) is 4.79 Å². The quantitative estimate of drug-likeness (QED) is 0.781. The maximum atomic E-state index is 11.9. The molecule has 0 spiro atoms. The molecule has 25 heavy (non-hydrogen) atoms. The third-order valence-corrected chi connectivity index (χ3v) is 4.12. The summed E-state index contributed by atoms with van der Waals surface area (Å²) in [6.45, 7) is 1.54. The first-order valence-corrected chi connectivity index (χ1v) is 8.36. The van der Waals surface area contributed by atoms with Crippen molar-refractivity contribution in [3.8, 4) is 5.75 Å². The fourth-order valence-corrected chi connectivity index (χ4v) is 2.80. The largest absolute Gasteiger partial charge is 0.482 e. The number of benzene rings is 1. The Bertz CT molecular complexity index is 738. The average molecular weight is 343 g/mol. The summed E-state index contributed by atoms with van der Waals surface area (Å²) in [7, 11) is 0. The minimum absolute atomic E-state index is 0.228. The van der Waals surface area contributed by atoms with Gasteiger partial charge in [0, 0.05) is 0 Å². The third kappa shape index (κ3) is 4.62. The maximum absolute atomic E-state index is 11.9. The van der Waals surface area contributed by atoms with E-state index in [1.165, 1.54) is 24.3 Å². The number of hydrogen-bond acceptors (Lipinski definition) is 5. The van der Waals surface area contributed by atoms with Gasteiger partial charge in [-0.15, -0.1) is 0 Å². The number of esters is 1. The van der Waals surface area contributed by atoms with Crippen molar-refractivity contribution in [1.82, 2.24) is 5.32 Å². The number of rotatable bonds is 7. The summed E-state index contributed by atoms with van der Waals surface area (Å²) in [6.07, 6.45) is 3.94. The lowest BCUT2D eigenvalue weighted by molar-refractivity contribution is -0.156. The van der Waals surface area contributed by atoms with E-state index in [2.05, 4.69) is 5.32 Å². The molecule has 0 saturated carbocycles. The zero-order valence-corrected chi connectivity index (χ0v) is 14.1. The van der Waals surface area contributed by atoms with E-state index < -0.39 is 12.1 Å². The van der Waals surface area contributed by atoms with Gasteiger partial charge in [0.15, 0.2) is 12.7 Å². The highest BCUT2D eigenvalue weighted by Gasteiger charge is 2.18. The number of carbonyl (C=O) groups excluding carboxylic acids is 2. The highest BCUT2D eigenvalue weighted by Crippen LogP contribution is 2.25. The Morgan fingerprint density at radius 1 is 1.24 bits per heavy atom. The van der Waals surface area contributed by atoms with Crippen LogP contribution in [0.1, 0.15) is 30.2 Å². The molecule has 6 nitrogen and oxygen atoms in total. The molecule has 0 saturated heterocycles. The fraction of sp³-hybridized carbons (Fsp3) is 0.368. The number of carbonyl (C=O) groups is 2. The maximum Gasteiger partial charge on any atom is 0.344 e. The molecule has 1 aliphatic rings. The van der Waals surface area contributed by atoms with Gasteiger partial charge < -0.3 is 19.2 Å². The van der Waals surface area contributed by atoms with Crippen molar-refractivity contribution in [2.45, 2.75) is 38.8 Å². The molecule has 1 N–H and O–H groups in total. The van der Waals surface area contributed by atoms with E-state index in [4.69, 9.17) is 13.9 Å². The van der Waals surface area contributed by atoms with Gasteiger partial charge in [0.1, 0.15) is 11.5 Å². The van der Waals surface area contributed by atoms with Crippen LogP contribution in [0.3, 0.4) is 0 Å². The summed E-state index contributed by atoms with van der Waals surface area (Å²) in [4.78, 5) is 23.8. The first-order chi connectivity index (χ1) is 12.1. The normalized spacial score (nSPS) is 13.8. The second kappa shape index (κ2) is 7.88. The molecule has 0 radical (unpaired) electrons. The first-order valence-electron chi connectivity index (χ1n) is 8.36. The molecule has 1 aliphatic carbocycles. The van der Waals surface area contributed by atoms with Gasteiger partial charge in [0.2, 0.25) is 0 Å². The zero-order chi connectivity index (χ0) is 17.6. The number of hydrogen-bond donors (Lipinski definition) is 1. The third-order valence-electron chi connectivity index (χ3n) is 4.12. The molecule has 1 amide bonds. The molecular weight excluding hydrogens is 322 g/mol. The van der Waals surface area contributed by atoms with E-state index in [-0.39, 0.29) is 19.1 Å². The Balaban J connectivity index is 1.41. The van der Waals surface area contributed by atoms with Gasteiger partial charge in [0.25, 0.3) is 5.91 Å². The summed E-state index contributed by atoms with van der Waals surface area (Å²) >= 11 is 0. The summed E-state index contributed by atoms with van der Waals surface area (Å²) in [5, 5.41) is 2.64. The molecule has 0 fully saturated rings. The van der Waals surface area contributed by atoms with Crippen LogP contribution in [0.15, 0.2) is 41.0 Å². The Kier molecular flexibility index (Phi) is 5.38. The Labute approximate surface area is 146 Å². The topological polar surface area (TPSA) is 77.8 Å². The molecule has 3 rings (SSSR count). The van der Waals surface area contributed by atoms with Gasteiger partial charge in [-0.2, -0.15) is 0 Å². The van der Waals surface area contributed by atoms with E-state index in [0.29, 0.717) is 11.5 Å². The average Bonchev–Trinajstić information content (AvgIpc) is 3.28. The van der Waals surface area contributed by atoms with Crippen molar-refractivity contribution in [2.24, 2.45) is 0 Å². The molecule has 0 unspecified atom stereocenters. The fourth-order valence-electron chi connectivity index (χ4n) is 2.80. The van der Waals surface area contributed by atoms with Crippen LogP contribution < -0.4 is 10.1 Å². The van der Waals surface area contributed by atoms with Crippen molar-refractivity contribution in [3.63, 3.8) is 0 Å². The standard InChI is InChI=1S/C19H21NO5/c1-13(19(22)20-11-17-6-3-9-23-17)25-18(21)12-24-16-8-7-14-4-2-5-15(14)10-16/h3,6-10,13H,2,4-5,11-12H2,1H3,(H,20,22)/t13-/m1/s1. The molecule has 1 aromatic heterocycles. The monoisotopic (exact) mass is 343 g/mol. The van der Waals surface area contributed by atoms with Crippen LogP contribution >= 0.6 is 0 Å². The van der Waals surface area contributed by atoms with Gasteiger partial charge in [-0.05, 0) is 61.6 Å². The minimum Gasteiger partial charge on any atom is -0.482 e. The van der Waals surface area contributed by atoms with E-state index in [0.717, 1.165) is 19.3 Å². The number of amides is 1. The number of fused-ring (bicyclic) bond motifs is 1. The number of aryl methyl sites for hydroxylation is 2. The van der Waals surface area contributed by atoms with Crippen LogP contribution in [0.4, 0.5) is 0 Å². The van der Waals surface area contributed by atoms with Crippen LogP contribution in [-0.2, 0) is 33.7 Å². The molecular formula is C19H21NO5. The molecule has 0 bridgehead atoms. The molecule has 132 valence electrons. The van der Waals surface area contributed by atoms with E-state index in [1.807, 2.05) is 18.2 Å². The lowest BCUT2D eigenvalue weighted by Crippen LogP contribution is -2.36. The Hall–Kier alpha value is -2.76. The van der Waals surface area contributed by atoms with Crippen molar-refractivity contribution in [1.29, 1.82) is 0 Å². The van der Waals surface area contributed by atoms with Crippen LogP contribution in [0.2, 0.25) is 0 Å². The van der Waals surface area contributed by atoms with E-state index >= 15 is 0 Å². The Morgan fingerprint density at radius 2 is 2.08 bits per heavy atom. The Morgan fingerprint density at radius 3 is 2.88 bits per heavy atom. The number of furan rings is 1. The summed E-state index contributed by atoms with van der Waals surface area (Å²) in [6, 6.07) is 9.35.